The molecular formula is C15H28N2O2. The van der Waals surface area contributed by atoms with E-state index in [1.54, 1.807) is 0 Å². The van der Waals surface area contributed by atoms with Crippen LogP contribution in [0.15, 0.2) is 0 Å². The third-order valence-electron chi connectivity index (χ3n) is 4.19. The first-order valence-electron chi connectivity index (χ1n) is 7.78. The van der Waals surface area contributed by atoms with Gasteiger partial charge >= 0.3 is 0 Å². The molecule has 0 aromatic rings. The van der Waals surface area contributed by atoms with Gasteiger partial charge < -0.3 is 15.0 Å². The molecule has 1 N–H and O–H groups in total. The summed E-state index contributed by atoms with van der Waals surface area (Å²) in [6.07, 6.45) is 4.38. The molecule has 4 nitrogen and oxygen atoms in total. The quantitative estimate of drug-likeness (QED) is 0.824. The summed E-state index contributed by atoms with van der Waals surface area (Å²) in [6.45, 7) is 8.92. The summed E-state index contributed by atoms with van der Waals surface area (Å²) in [5.74, 6) is 1.29. The van der Waals surface area contributed by atoms with Crippen LogP contribution in [0, 0.1) is 11.8 Å². The van der Waals surface area contributed by atoms with Crippen LogP contribution in [0.3, 0.4) is 0 Å². The van der Waals surface area contributed by atoms with Crippen LogP contribution < -0.4 is 5.32 Å². The molecule has 19 heavy (non-hydrogen) atoms. The molecule has 1 amide bonds. The lowest BCUT2D eigenvalue weighted by molar-refractivity contribution is -0.135. The minimum absolute atomic E-state index is 0.246. The minimum atomic E-state index is 0.246. The van der Waals surface area contributed by atoms with Crippen LogP contribution in [0.5, 0.6) is 0 Å². The molecule has 4 heteroatoms. The highest BCUT2D eigenvalue weighted by Gasteiger charge is 2.31. The van der Waals surface area contributed by atoms with Crippen molar-refractivity contribution >= 4 is 5.91 Å². The molecule has 0 bridgehead atoms. The standard InChI is InChI=1S/C15H28N2O2/c1-12(2)6-10-19-14-5-9-17(11-14)15(18)13-3-7-16-8-4-13/h12-14,16H,3-11H2,1-2H3. The van der Waals surface area contributed by atoms with Crippen molar-refractivity contribution in [1.82, 2.24) is 10.2 Å². The van der Waals surface area contributed by atoms with Gasteiger partial charge in [0.25, 0.3) is 0 Å². The molecule has 2 heterocycles. The monoisotopic (exact) mass is 268 g/mol. The summed E-state index contributed by atoms with van der Waals surface area (Å²) >= 11 is 0. The number of carbonyl (C=O) groups excluding carboxylic acids is 1. The van der Waals surface area contributed by atoms with Crippen molar-refractivity contribution in [2.45, 2.75) is 45.6 Å². The Morgan fingerprint density at radius 1 is 1.32 bits per heavy atom. The highest BCUT2D eigenvalue weighted by molar-refractivity contribution is 5.79. The number of ether oxygens (including phenoxy) is 1. The van der Waals surface area contributed by atoms with Crippen LogP contribution in [0.4, 0.5) is 0 Å². The van der Waals surface area contributed by atoms with Gasteiger partial charge in [0.1, 0.15) is 0 Å². The van der Waals surface area contributed by atoms with Gasteiger partial charge in [0.15, 0.2) is 0 Å². The normalized spacial score (nSPS) is 25.2. The van der Waals surface area contributed by atoms with Gasteiger partial charge in [-0.2, -0.15) is 0 Å². The molecule has 2 aliphatic heterocycles. The number of likely N-dealkylation sites (tertiary alicyclic amines) is 1. The van der Waals surface area contributed by atoms with Gasteiger partial charge in [-0.1, -0.05) is 13.8 Å². The molecule has 0 radical (unpaired) electrons. The third-order valence-corrected chi connectivity index (χ3v) is 4.19. The van der Waals surface area contributed by atoms with Crippen molar-refractivity contribution in [3.05, 3.63) is 0 Å². The number of rotatable bonds is 5. The van der Waals surface area contributed by atoms with Gasteiger partial charge in [-0.25, -0.2) is 0 Å². The number of nitrogens with one attached hydrogen (secondary N) is 1. The van der Waals surface area contributed by atoms with Crippen LogP contribution in [0.25, 0.3) is 0 Å². The number of hydrogen-bond donors (Lipinski definition) is 1. The number of amides is 1. The topological polar surface area (TPSA) is 41.6 Å². The second kappa shape index (κ2) is 7.25. The number of carbonyl (C=O) groups is 1. The van der Waals surface area contributed by atoms with Crippen molar-refractivity contribution in [3.63, 3.8) is 0 Å². The van der Waals surface area contributed by atoms with Gasteiger partial charge in [-0.05, 0) is 44.7 Å². The van der Waals surface area contributed by atoms with Gasteiger partial charge in [-0.15, -0.1) is 0 Å². The van der Waals surface area contributed by atoms with E-state index in [2.05, 4.69) is 19.2 Å². The fourth-order valence-corrected chi connectivity index (χ4v) is 2.86. The van der Waals surface area contributed by atoms with Crippen LogP contribution >= 0.6 is 0 Å². The molecule has 2 rings (SSSR count). The maximum atomic E-state index is 12.4. The molecule has 1 unspecified atom stereocenters. The zero-order valence-electron chi connectivity index (χ0n) is 12.4. The van der Waals surface area contributed by atoms with E-state index in [9.17, 15) is 4.79 Å². The second-order valence-electron chi connectivity index (χ2n) is 6.27. The molecule has 0 aliphatic carbocycles. The van der Waals surface area contributed by atoms with Gasteiger partial charge in [0, 0.05) is 25.6 Å². The van der Waals surface area contributed by atoms with E-state index in [1.165, 1.54) is 0 Å². The summed E-state index contributed by atoms with van der Waals surface area (Å²) in [6, 6.07) is 0. The molecule has 110 valence electrons. The summed E-state index contributed by atoms with van der Waals surface area (Å²) in [7, 11) is 0. The minimum Gasteiger partial charge on any atom is -0.376 e. The number of nitrogens with zero attached hydrogens (tertiary/aromatic N) is 1. The van der Waals surface area contributed by atoms with Crippen LogP contribution in [0.2, 0.25) is 0 Å². The molecule has 0 spiro atoms. The van der Waals surface area contributed by atoms with E-state index in [1.807, 2.05) is 4.90 Å². The predicted octanol–water partition coefficient (Wildman–Crippen LogP) is 1.65. The first-order valence-corrected chi connectivity index (χ1v) is 7.78. The lowest BCUT2D eigenvalue weighted by Gasteiger charge is -2.26. The Bertz CT molecular complexity index is 288. The molecule has 2 saturated heterocycles. The number of piperidine rings is 1. The van der Waals surface area contributed by atoms with E-state index in [0.29, 0.717) is 11.8 Å². The average molecular weight is 268 g/mol. The first-order chi connectivity index (χ1) is 9.16. The average Bonchev–Trinajstić information content (AvgIpc) is 2.87. The van der Waals surface area contributed by atoms with Gasteiger partial charge in [0.05, 0.1) is 6.10 Å². The molecule has 0 aromatic carbocycles. The van der Waals surface area contributed by atoms with E-state index in [4.69, 9.17) is 4.74 Å². The number of hydrogen-bond acceptors (Lipinski definition) is 3. The molecule has 0 aromatic heterocycles. The van der Waals surface area contributed by atoms with Crippen LogP contribution in [-0.2, 0) is 9.53 Å². The van der Waals surface area contributed by atoms with Crippen molar-refractivity contribution in [2.24, 2.45) is 11.8 Å². The third kappa shape index (κ3) is 4.46. The summed E-state index contributed by atoms with van der Waals surface area (Å²) < 4.78 is 5.88. The molecule has 0 saturated carbocycles. The second-order valence-corrected chi connectivity index (χ2v) is 6.27. The Morgan fingerprint density at radius 2 is 2.05 bits per heavy atom. The van der Waals surface area contributed by atoms with Crippen LogP contribution in [-0.4, -0.2) is 49.7 Å². The first kappa shape index (κ1) is 14.8. The Kier molecular flexibility index (Phi) is 5.64. The van der Waals surface area contributed by atoms with Crippen LogP contribution in [0.1, 0.15) is 39.5 Å². The summed E-state index contributed by atoms with van der Waals surface area (Å²) in [5.41, 5.74) is 0. The van der Waals surface area contributed by atoms with E-state index < -0.39 is 0 Å². The fraction of sp³-hybridized carbons (Fsp3) is 0.933. The smallest absolute Gasteiger partial charge is 0.225 e. The molecule has 1 atom stereocenters. The Morgan fingerprint density at radius 3 is 2.74 bits per heavy atom. The SMILES string of the molecule is CC(C)CCOC1CCN(C(=O)C2CCNCC2)C1. The van der Waals surface area contributed by atoms with E-state index in [0.717, 1.165) is 58.5 Å². The van der Waals surface area contributed by atoms with E-state index in [-0.39, 0.29) is 12.0 Å². The maximum Gasteiger partial charge on any atom is 0.225 e. The summed E-state index contributed by atoms with van der Waals surface area (Å²) in [5, 5.41) is 3.31. The Balaban J connectivity index is 1.70. The van der Waals surface area contributed by atoms with Crippen molar-refractivity contribution < 1.29 is 9.53 Å². The lowest BCUT2D eigenvalue weighted by Crippen LogP contribution is -2.40. The van der Waals surface area contributed by atoms with Crippen molar-refractivity contribution in [3.8, 4) is 0 Å². The maximum absolute atomic E-state index is 12.4. The molecule has 2 aliphatic rings. The lowest BCUT2D eigenvalue weighted by atomic mass is 9.97. The largest absolute Gasteiger partial charge is 0.376 e. The Hall–Kier alpha value is -0.610. The van der Waals surface area contributed by atoms with Gasteiger partial charge in [-0.3, -0.25) is 4.79 Å². The molecule has 2 fully saturated rings. The highest BCUT2D eigenvalue weighted by atomic mass is 16.5. The zero-order valence-corrected chi connectivity index (χ0v) is 12.4. The Labute approximate surface area is 116 Å². The highest BCUT2D eigenvalue weighted by Crippen LogP contribution is 2.20. The zero-order chi connectivity index (χ0) is 13.7. The fourth-order valence-electron chi connectivity index (χ4n) is 2.86. The predicted molar refractivity (Wildman–Crippen MR) is 76.0 cm³/mol. The summed E-state index contributed by atoms with van der Waals surface area (Å²) in [4.78, 5) is 14.4. The van der Waals surface area contributed by atoms with E-state index >= 15 is 0 Å². The van der Waals surface area contributed by atoms with Gasteiger partial charge in [0.2, 0.25) is 5.91 Å². The van der Waals surface area contributed by atoms with Crippen molar-refractivity contribution in [1.29, 1.82) is 0 Å². The molecular weight excluding hydrogens is 240 g/mol. The van der Waals surface area contributed by atoms with Crippen molar-refractivity contribution in [2.75, 3.05) is 32.8 Å².